The Morgan fingerprint density at radius 1 is 1.35 bits per heavy atom. The number of benzene rings is 1. The maximum absolute atomic E-state index is 11.0. The van der Waals surface area contributed by atoms with Crippen molar-refractivity contribution in [3.05, 3.63) is 23.8 Å². The van der Waals surface area contributed by atoms with Crippen LogP contribution < -0.4 is 15.2 Å². The summed E-state index contributed by atoms with van der Waals surface area (Å²) in [5.41, 5.74) is 6.10. The molecule has 0 radical (unpaired) electrons. The SMILES string of the molecule is NCC(C(=O)O)c1ccc2c(c1)OCCCO2. The molecule has 1 aromatic carbocycles. The number of fused-ring (bicyclic) bond motifs is 1. The molecule has 0 bridgehead atoms. The van der Waals surface area contributed by atoms with Crippen molar-refractivity contribution in [2.24, 2.45) is 5.73 Å². The van der Waals surface area contributed by atoms with Gasteiger partial charge in [0.1, 0.15) is 0 Å². The van der Waals surface area contributed by atoms with Gasteiger partial charge in [-0.15, -0.1) is 0 Å². The van der Waals surface area contributed by atoms with E-state index in [1.807, 2.05) is 0 Å². The Hall–Kier alpha value is -1.75. The molecule has 5 heteroatoms. The first-order valence-corrected chi connectivity index (χ1v) is 5.55. The molecule has 1 unspecified atom stereocenters. The van der Waals surface area contributed by atoms with Gasteiger partial charge >= 0.3 is 5.97 Å². The molecule has 0 aliphatic carbocycles. The lowest BCUT2D eigenvalue weighted by molar-refractivity contribution is -0.138. The maximum atomic E-state index is 11.0. The predicted octanol–water partition coefficient (Wildman–Crippen LogP) is 0.975. The molecule has 3 N–H and O–H groups in total. The highest BCUT2D eigenvalue weighted by atomic mass is 16.5. The van der Waals surface area contributed by atoms with Crippen LogP contribution in [0.3, 0.4) is 0 Å². The molecule has 0 aromatic heterocycles. The smallest absolute Gasteiger partial charge is 0.312 e. The third-order valence-corrected chi connectivity index (χ3v) is 2.71. The average Bonchev–Trinajstić information content (AvgIpc) is 2.54. The first-order valence-electron chi connectivity index (χ1n) is 5.55. The Labute approximate surface area is 99.1 Å². The standard InChI is InChI=1S/C12H15NO4/c13-7-9(12(14)15)8-2-3-10-11(6-8)17-5-1-4-16-10/h2-3,6,9H,1,4-5,7,13H2,(H,14,15). The van der Waals surface area contributed by atoms with Crippen LogP contribution in [-0.2, 0) is 4.79 Å². The molecule has 2 rings (SSSR count). The minimum Gasteiger partial charge on any atom is -0.490 e. The number of aliphatic carboxylic acids is 1. The number of hydrogen-bond acceptors (Lipinski definition) is 4. The number of carbonyl (C=O) groups is 1. The fourth-order valence-corrected chi connectivity index (χ4v) is 1.78. The van der Waals surface area contributed by atoms with Crippen LogP contribution in [0.5, 0.6) is 11.5 Å². The number of ether oxygens (including phenoxy) is 2. The van der Waals surface area contributed by atoms with Crippen molar-refractivity contribution in [2.45, 2.75) is 12.3 Å². The molecular formula is C12H15NO4. The van der Waals surface area contributed by atoms with Crippen LogP contribution in [0.25, 0.3) is 0 Å². The molecule has 1 heterocycles. The molecule has 0 amide bonds. The van der Waals surface area contributed by atoms with Gasteiger partial charge in [-0.05, 0) is 17.7 Å². The molecule has 1 atom stereocenters. The quantitative estimate of drug-likeness (QED) is 0.818. The molecule has 0 saturated carbocycles. The Morgan fingerprint density at radius 3 is 2.71 bits per heavy atom. The Morgan fingerprint density at radius 2 is 2.06 bits per heavy atom. The van der Waals surface area contributed by atoms with Crippen molar-refractivity contribution in [3.8, 4) is 11.5 Å². The lowest BCUT2D eigenvalue weighted by Crippen LogP contribution is -2.21. The van der Waals surface area contributed by atoms with Gasteiger partial charge in [-0.2, -0.15) is 0 Å². The summed E-state index contributed by atoms with van der Waals surface area (Å²) in [6.07, 6.45) is 0.823. The first kappa shape index (κ1) is 11.7. The zero-order valence-corrected chi connectivity index (χ0v) is 9.39. The predicted molar refractivity (Wildman–Crippen MR) is 61.5 cm³/mol. The number of carboxylic acid groups (broad SMARTS) is 1. The number of nitrogens with two attached hydrogens (primary N) is 1. The van der Waals surface area contributed by atoms with Gasteiger partial charge in [0.05, 0.1) is 19.1 Å². The summed E-state index contributed by atoms with van der Waals surface area (Å²) in [7, 11) is 0. The molecule has 0 spiro atoms. The van der Waals surface area contributed by atoms with Gasteiger partial charge < -0.3 is 20.3 Å². The van der Waals surface area contributed by atoms with E-state index in [2.05, 4.69) is 0 Å². The summed E-state index contributed by atoms with van der Waals surface area (Å²) in [6, 6.07) is 5.16. The van der Waals surface area contributed by atoms with Gasteiger partial charge in [0.15, 0.2) is 11.5 Å². The number of carboxylic acids is 1. The third-order valence-electron chi connectivity index (χ3n) is 2.71. The molecule has 1 aromatic rings. The average molecular weight is 237 g/mol. The fraction of sp³-hybridized carbons (Fsp3) is 0.417. The molecular weight excluding hydrogens is 222 g/mol. The second-order valence-electron chi connectivity index (χ2n) is 3.88. The lowest BCUT2D eigenvalue weighted by atomic mass is 9.99. The van der Waals surface area contributed by atoms with E-state index in [1.165, 1.54) is 0 Å². The molecule has 5 nitrogen and oxygen atoms in total. The molecule has 0 fully saturated rings. The van der Waals surface area contributed by atoms with Crippen molar-refractivity contribution in [3.63, 3.8) is 0 Å². The van der Waals surface area contributed by atoms with Crippen molar-refractivity contribution in [2.75, 3.05) is 19.8 Å². The van der Waals surface area contributed by atoms with E-state index in [9.17, 15) is 4.79 Å². The maximum Gasteiger partial charge on any atom is 0.312 e. The summed E-state index contributed by atoms with van der Waals surface area (Å²) in [5, 5.41) is 9.03. The lowest BCUT2D eigenvalue weighted by Gasteiger charge is -2.13. The molecule has 1 aliphatic rings. The summed E-state index contributed by atoms with van der Waals surface area (Å²) >= 11 is 0. The largest absolute Gasteiger partial charge is 0.490 e. The minimum atomic E-state index is -0.929. The molecule has 17 heavy (non-hydrogen) atoms. The van der Waals surface area contributed by atoms with E-state index in [4.69, 9.17) is 20.3 Å². The van der Waals surface area contributed by atoms with Gasteiger partial charge in [-0.1, -0.05) is 6.07 Å². The summed E-state index contributed by atoms with van der Waals surface area (Å²) in [4.78, 5) is 11.0. The summed E-state index contributed by atoms with van der Waals surface area (Å²) in [6.45, 7) is 1.26. The molecule has 0 saturated heterocycles. The highest BCUT2D eigenvalue weighted by Gasteiger charge is 2.20. The number of rotatable bonds is 3. The van der Waals surface area contributed by atoms with Crippen LogP contribution in [-0.4, -0.2) is 30.8 Å². The second-order valence-corrected chi connectivity index (χ2v) is 3.88. The van der Waals surface area contributed by atoms with E-state index in [1.54, 1.807) is 18.2 Å². The van der Waals surface area contributed by atoms with Crippen LogP contribution in [0, 0.1) is 0 Å². The highest BCUT2D eigenvalue weighted by Crippen LogP contribution is 2.32. The van der Waals surface area contributed by atoms with E-state index < -0.39 is 11.9 Å². The van der Waals surface area contributed by atoms with Crippen molar-refractivity contribution in [1.82, 2.24) is 0 Å². The fourth-order valence-electron chi connectivity index (χ4n) is 1.78. The zero-order valence-electron chi connectivity index (χ0n) is 9.39. The van der Waals surface area contributed by atoms with E-state index in [-0.39, 0.29) is 6.54 Å². The van der Waals surface area contributed by atoms with E-state index in [0.29, 0.717) is 30.3 Å². The Balaban J connectivity index is 2.31. The van der Waals surface area contributed by atoms with Crippen molar-refractivity contribution < 1.29 is 19.4 Å². The summed E-state index contributed by atoms with van der Waals surface area (Å²) in [5.74, 6) is -0.374. The van der Waals surface area contributed by atoms with Crippen LogP contribution in [0.1, 0.15) is 17.9 Å². The summed E-state index contributed by atoms with van der Waals surface area (Å²) < 4.78 is 11.0. The van der Waals surface area contributed by atoms with Crippen LogP contribution in [0.15, 0.2) is 18.2 Å². The van der Waals surface area contributed by atoms with Gasteiger partial charge in [0.2, 0.25) is 0 Å². The van der Waals surface area contributed by atoms with Gasteiger partial charge in [-0.25, -0.2) is 0 Å². The third kappa shape index (κ3) is 2.50. The minimum absolute atomic E-state index is 0.0645. The first-order chi connectivity index (χ1) is 8.22. The van der Waals surface area contributed by atoms with Crippen molar-refractivity contribution >= 4 is 5.97 Å². The number of hydrogen-bond donors (Lipinski definition) is 2. The van der Waals surface area contributed by atoms with Gasteiger partial charge in [-0.3, -0.25) is 4.79 Å². The van der Waals surface area contributed by atoms with Gasteiger partial charge in [0.25, 0.3) is 0 Å². The van der Waals surface area contributed by atoms with E-state index >= 15 is 0 Å². The normalized spacial score (nSPS) is 16.1. The molecule has 92 valence electrons. The topological polar surface area (TPSA) is 81.8 Å². The molecule has 1 aliphatic heterocycles. The van der Waals surface area contributed by atoms with Crippen LogP contribution >= 0.6 is 0 Å². The van der Waals surface area contributed by atoms with E-state index in [0.717, 1.165) is 6.42 Å². The van der Waals surface area contributed by atoms with Crippen molar-refractivity contribution in [1.29, 1.82) is 0 Å². The monoisotopic (exact) mass is 237 g/mol. The second kappa shape index (κ2) is 5.05. The van der Waals surface area contributed by atoms with Crippen LogP contribution in [0.4, 0.5) is 0 Å². The van der Waals surface area contributed by atoms with Crippen LogP contribution in [0.2, 0.25) is 0 Å². The van der Waals surface area contributed by atoms with Gasteiger partial charge in [0, 0.05) is 13.0 Å². The Bertz CT molecular complexity index is 419. The highest BCUT2D eigenvalue weighted by molar-refractivity contribution is 5.76. The Kier molecular flexibility index (Phi) is 3.49. The zero-order chi connectivity index (χ0) is 12.3.